The van der Waals surface area contributed by atoms with Crippen LogP contribution in [0.3, 0.4) is 0 Å². The highest BCUT2D eigenvalue weighted by molar-refractivity contribution is 5.57. The van der Waals surface area contributed by atoms with Gasteiger partial charge in [0.25, 0.3) is 0 Å². The molecule has 1 unspecified atom stereocenters. The summed E-state index contributed by atoms with van der Waals surface area (Å²) < 4.78 is 13.1. The molecule has 17 heavy (non-hydrogen) atoms. The maximum Gasteiger partial charge on any atom is 0.305 e. The standard InChI is InChI=1S/C12H15FN2O2/c1-8(9(2)14-3)6-10-4-5-11(13)12(7-10)15(16)17/h4-7,9,14H,1-3H3/b8-6+. The molecule has 0 bridgehead atoms. The van der Waals surface area contributed by atoms with Crippen LogP contribution in [-0.2, 0) is 0 Å². The van der Waals surface area contributed by atoms with Gasteiger partial charge in [0.1, 0.15) is 0 Å². The summed E-state index contributed by atoms with van der Waals surface area (Å²) in [5.41, 5.74) is 1.15. The maximum atomic E-state index is 13.1. The van der Waals surface area contributed by atoms with Crippen LogP contribution in [0.25, 0.3) is 6.08 Å². The van der Waals surface area contributed by atoms with E-state index in [1.165, 1.54) is 12.1 Å². The van der Waals surface area contributed by atoms with Gasteiger partial charge in [-0.25, -0.2) is 0 Å². The van der Waals surface area contributed by atoms with Gasteiger partial charge in [-0.1, -0.05) is 17.7 Å². The molecule has 0 fully saturated rings. The van der Waals surface area contributed by atoms with Gasteiger partial charge in [0.05, 0.1) is 4.92 Å². The molecule has 0 aliphatic carbocycles. The van der Waals surface area contributed by atoms with E-state index in [1.54, 1.807) is 6.08 Å². The Hall–Kier alpha value is -1.75. The van der Waals surface area contributed by atoms with Crippen LogP contribution in [-0.4, -0.2) is 18.0 Å². The lowest BCUT2D eigenvalue weighted by Crippen LogP contribution is -2.21. The Bertz CT molecular complexity index is 458. The lowest BCUT2D eigenvalue weighted by molar-refractivity contribution is -0.387. The number of hydrogen-bond donors (Lipinski definition) is 1. The fourth-order valence-corrected chi connectivity index (χ4v) is 1.37. The van der Waals surface area contributed by atoms with E-state index >= 15 is 0 Å². The molecule has 0 aliphatic rings. The summed E-state index contributed by atoms with van der Waals surface area (Å²) in [5.74, 6) is -0.813. The number of nitro groups is 1. The number of nitro benzene ring substituents is 1. The summed E-state index contributed by atoms with van der Waals surface area (Å²) in [4.78, 5) is 9.86. The lowest BCUT2D eigenvalue weighted by atomic mass is 10.1. The molecule has 4 nitrogen and oxygen atoms in total. The van der Waals surface area contributed by atoms with Crippen LogP contribution in [0.1, 0.15) is 19.4 Å². The zero-order valence-corrected chi connectivity index (χ0v) is 10.0. The summed E-state index contributed by atoms with van der Waals surface area (Å²) in [5, 5.41) is 13.6. The van der Waals surface area contributed by atoms with Crippen molar-refractivity contribution in [2.45, 2.75) is 19.9 Å². The van der Waals surface area contributed by atoms with Crippen molar-refractivity contribution in [1.29, 1.82) is 0 Å². The number of hydrogen-bond acceptors (Lipinski definition) is 3. The van der Waals surface area contributed by atoms with Gasteiger partial charge < -0.3 is 5.32 Å². The Morgan fingerprint density at radius 3 is 2.76 bits per heavy atom. The molecule has 0 aromatic heterocycles. The van der Waals surface area contributed by atoms with E-state index in [-0.39, 0.29) is 6.04 Å². The minimum absolute atomic E-state index is 0.166. The molecule has 92 valence electrons. The van der Waals surface area contributed by atoms with Crippen molar-refractivity contribution >= 4 is 11.8 Å². The average Bonchev–Trinajstić information content (AvgIpc) is 2.30. The monoisotopic (exact) mass is 238 g/mol. The highest BCUT2D eigenvalue weighted by Gasteiger charge is 2.13. The third-order valence-corrected chi connectivity index (χ3v) is 2.68. The van der Waals surface area contributed by atoms with E-state index in [4.69, 9.17) is 0 Å². The zero-order valence-electron chi connectivity index (χ0n) is 10.0. The van der Waals surface area contributed by atoms with Crippen molar-refractivity contribution in [3.63, 3.8) is 0 Å². The SMILES string of the molecule is CNC(C)/C(C)=C/c1ccc(F)c([N+](=O)[O-])c1. The van der Waals surface area contributed by atoms with Gasteiger partial charge in [0, 0.05) is 12.1 Å². The summed E-state index contributed by atoms with van der Waals surface area (Å²) in [7, 11) is 1.83. The number of nitrogens with one attached hydrogen (secondary N) is 1. The summed E-state index contributed by atoms with van der Waals surface area (Å²) in [6.45, 7) is 3.89. The molecular weight excluding hydrogens is 223 g/mol. The molecule has 0 saturated heterocycles. The second-order valence-electron chi connectivity index (χ2n) is 3.87. The van der Waals surface area contributed by atoms with Crippen LogP contribution in [0.15, 0.2) is 23.8 Å². The van der Waals surface area contributed by atoms with Crippen molar-refractivity contribution in [2.24, 2.45) is 0 Å². The molecule has 0 spiro atoms. The summed E-state index contributed by atoms with van der Waals surface area (Å²) >= 11 is 0. The maximum absolute atomic E-state index is 13.1. The molecule has 1 aromatic carbocycles. The van der Waals surface area contributed by atoms with Gasteiger partial charge in [-0.2, -0.15) is 4.39 Å². The van der Waals surface area contributed by atoms with Crippen molar-refractivity contribution in [2.75, 3.05) is 7.05 Å². The van der Waals surface area contributed by atoms with Crippen molar-refractivity contribution < 1.29 is 9.31 Å². The van der Waals surface area contributed by atoms with E-state index < -0.39 is 16.4 Å². The first-order chi connectivity index (χ1) is 7.95. The van der Waals surface area contributed by atoms with E-state index in [2.05, 4.69) is 5.32 Å². The van der Waals surface area contributed by atoms with E-state index in [0.29, 0.717) is 5.56 Å². The van der Waals surface area contributed by atoms with Gasteiger partial charge >= 0.3 is 5.69 Å². The Kier molecular flexibility index (Phi) is 4.34. The Labute approximate surface area is 99.3 Å². The van der Waals surface area contributed by atoms with Crippen LogP contribution in [0.4, 0.5) is 10.1 Å². The Balaban J connectivity index is 3.09. The number of rotatable bonds is 4. The predicted molar refractivity (Wildman–Crippen MR) is 65.2 cm³/mol. The number of nitrogens with zero attached hydrogens (tertiary/aromatic N) is 1. The molecule has 0 heterocycles. The molecule has 1 aromatic rings. The average molecular weight is 238 g/mol. The number of benzene rings is 1. The van der Waals surface area contributed by atoms with Gasteiger partial charge in [0.2, 0.25) is 5.82 Å². The molecule has 0 amide bonds. The first-order valence-electron chi connectivity index (χ1n) is 5.25. The second-order valence-corrected chi connectivity index (χ2v) is 3.87. The first kappa shape index (κ1) is 13.3. The molecule has 0 aliphatic heterocycles. The predicted octanol–water partition coefficient (Wildman–Crippen LogP) is 2.75. The van der Waals surface area contributed by atoms with E-state index in [1.807, 2.05) is 20.9 Å². The fourth-order valence-electron chi connectivity index (χ4n) is 1.37. The molecule has 1 N–H and O–H groups in total. The van der Waals surface area contributed by atoms with Crippen LogP contribution in [0.5, 0.6) is 0 Å². The van der Waals surface area contributed by atoms with Crippen molar-refractivity contribution in [3.05, 3.63) is 45.3 Å². The van der Waals surface area contributed by atoms with Gasteiger partial charge in [-0.15, -0.1) is 0 Å². The quantitative estimate of drug-likeness (QED) is 0.648. The van der Waals surface area contributed by atoms with E-state index in [0.717, 1.165) is 11.6 Å². The molecule has 5 heteroatoms. The van der Waals surface area contributed by atoms with Crippen LogP contribution >= 0.6 is 0 Å². The molecule has 0 radical (unpaired) electrons. The highest BCUT2D eigenvalue weighted by Crippen LogP contribution is 2.20. The van der Waals surface area contributed by atoms with Crippen molar-refractivity contribution in [1.82, 2.24) is 5.32 Å². The minimum Gasteiger partial charge on any atom is -0.314 e. The molecule has 0 saturated carbocycles. The topological polar surface area (TPSA) is 55.2 Å². The molecule has 1 atom stereocenters. The second kappa shape index (κ2) is 5.54. The minimum atomic E-state index is -0.813. The fraction of sp³-hybridized carbons (Fsp3) is 0.333. The third-order valence-electron chi connectivity index (χ3n) is 2.68. The summed E-state index contributed by atoms with van der Waals surface area (Å²) in [6, 6.07) is 4.04. The van der Waals surface area contributed by atoms with Crippen molar-refractivity contribution in [3.8, 4) is 0 Å². The Morgan fingerprint density at radius 1 is 1.59 bits per heavy atom. The highest BCUT2D eigenvalue weighted by atomic mass is 19.1. The molecule has 1 rings (SSSR count). The number of likely N-dealkylation sites (N-methyl/N-ethyl adjacent to an activating group) is 1. The van der Waals surface area contributed by atoms with Crippen LogP contribution in [0, 0.1) is 15.9 Å². The van der Waals surface area contributed by atoms with Crippen LogP contribution in [0.2, 0.25) is 0 Å². The van der Waals surface area contributed by atoms with Gasteiger partial charge in [-0.3, -0.25) is 10.1 Å². The lowest BCUT2D eigenvalue weighted by Gasteiger charge is -2.10. The van der Waals surface area contributed by atoms with E-state index in [9.17, 15) is 14.5 Å². The van der Waals surface area contributed by atoms with Crippen LogP contribution < -0.4 is 5.32 Å². The normalized spacial score (nSPS) is 13.5. The first-order valence-corrected chi connectivity index (χ1v) is 5.25. The third kappa shape index (κ3) is 3.35. The van der Waals surface area contributed by atoms with Gasteiger partial charge in [0.15, 0.2) is 0 Å². The largest absolute Gasteiger partial charge is 0.314 e. The summed E-state index contributed by atoms with van der Waals surface area (Å²) in [6.07, 6.45) is 1.80. The number of halogens is 1. The smallest absolute Gasteiger partial charge is 0.305 e. The Morgan fingerprint density at radius 2 is 2.24 bits per heavy atom. The zero-order chi connectivity index (χ0) is 13.0. The van der Waals surface area contributed by atoms with Gasteiger partial charge in [-0.05, 0) is 32.5 Å². The molecular formula is C12H15FN2O2.